The summed E-state index contributed by atoms with van der Waals surface area (Å²) in [6.07, 6.45) is 0. The Hall–Kier alpha value is 0.325. The van der Waals surface area contributed by atoms with Gasteiger partial charge in [0.1, 0.15) is 0 Å². The van der Waals surface area contributed by atoms with Crippen molar-refractivity contribution in [2.75, 3.05) is 0 Å². The van der Waals surface area contributed by atoms with Crippen LogP contribution in [-0.2, 0) is 6.61 Å². The monoisotopic (exact) mass is 213 g/mol. The second-order valence-electron chi connectivity index (χ2n) is 1.85. The summed E-state index contributed by atoms with van der Waals surface area (Å²) in [5.41, 5.74) is -0.0643. The van der Waals surface area contributed by atoms with Gasteiger partial charge in [0.25, 0.3) is 0 Å². The fourth-order valence-corrected chi connectivity index (χ4v) is 0.788. The van der Waals surface area contributed by atoms with E-state index in [4.69, 9.17) is 16.7 Å². The van der Waals surface area contributed by atoms with Gasteiger partial charge in [-0.1, -0.05) is 11.6 Å². The van der Waals surface area contributed by atoms with E-state index in [9.17, 15) is 8.78 Å². The van der Waals surface area contributed by atoms with E-state index < -0.39 is 18.4 Å². The number of hydrogen-bond donors (Lipinski definition) is 1. The van der Waals surface area contributed by atoms with Crippen molar-refractivity contribution in [2.45, 2.75) is 6.61 Å². The average Bonchev–Trinajstić information content (AvgIpc) is 1.97. The molecule has 2 nitrogen and oxygen atoms in total. The van der Waals surface area contributed by atoms with Crippen LogP contribution in [0, 0.1) is 11.8 Å². The standard InChI is InChI=1S/C6H4ClF2NO.B.Na/c7-3-1-4(8)6(9)10-5(3)2-11;;/h1,11H,2H2;;/q;-1;+1. The van der Waals surface area contributed by atoms with E-state index in [-0.39, 0.29) is 48.7 Å². The van der Waals surface area contributed by atoms with Crippen molar-refractivity contribution in [3.8, 4) is 0 Å². The van der Waals surface area contributed by atoms with E-state index in [1.165, 1.54) is 0 Å². The Morgan fingerprint density at radius 3 is 2.46 bits per heavy atom. The molecule has 1 N–H and O–H groups in total. The molecule has 0 aliphatic heterocycles. The van der Waals surface area contributed by atoms with E-state index in [2.05, 4.69) is 4.98 Å². The van der Waals surface area contributed by atoms with Crippen LogP contribution in [0.15, 0.2) is 6.07 Å². The molecule has 0 aliphatic rings. The van der Waals surface area contributed by atoms with Crippen LogP contribution in [0.5, 0.6) is 0 Å². The number of halogens is 3. The minimum absolute atomic E-state index is 0. The molecule has 0 atom stereocenters. The zero-order chi connectivity index (χ0) is 8.43. The predicted molar refractivity (Wildman–Crippen MR) is 40.8 cm³/mol. The number of hydrogen-bond acceptors (Lipinski definition) is 2. The third-order valence-electron chi connectivity index (χ3n) is 1.11. The van der Waals surface area contributed by atoms with E-state index >= 15 is 0 Å². The number of aliphatic hydroxyl groups is 1. The third kappa shape index (κ3) is 3.91. The molecule has 0 unspecified atom stereocenters. The third-order valence-corrected chi connectivity index (χ3v) is 1.44. The zero-order valence-corrected chi connectivity index (χ0v) is 9.65. The van der Waals surface area contributed by atoms with Crippen molar-refractivity contribution in [1.82, 2.24) is 4.98 Å². The Balaban J connectivity index is 0. The maximum absolute atomic E-state index is 12.3. The topological polar surface area (TPSA) is 33.1 Å². The molecule has 4 radical (unpaired) electrons. The molecule has 13 heavy (non-hydrogen) atoms. The fourth-order valence-electron chi connectivity index (χ4n) is 0.590. The summed E-state index contributed by atoms with van der Waals surface area (Å²) in [6.45, 7) is -0.504. The Bertz CT molecular complexity index is 290. The van der Waals surface area contributed by atoms with Gasteiger partial charge in [-0.25, -0.2) is 9.37 Å². The van der Waals surface area contributed by atoms with Gasteiger partial charge in [0.05, 0.1) is 17.3 Å². The molecule has 0 aliphatic carbocycles. The van der Waals surface area contributed by atoms with Crippen molar-refractivity contribution in [2.24, 2.45) is 0 Å². The smallest absolute Gasteiger partial charge is 1.00 e. The van der Waals surface area contributed by atoms with Gasteiger partial charge in [-0.05, 0) is 6.07 Å². The van der Waals surface area contributed by atoms with Gasteiger partial charge in [0.15, 0.2) is 5.82 Å². The molecule has 0 amide bonds. The first-order valence-electron chi connectivity index (χ1n) is 2.76. The number of nitrogens with zero attached hydrogens (tertiary/aromatic N) is 1. The normalized spacial score (nSPS) is 8.62. The van der Waals surface area contributed by atoms with Gasteiger partial charge >= 0.3 is 29.6 Å². The van der Waals surface area contributed by atoms with E-state index in [0.29, 0.717) is 0 Å². The summed E-state index contributed by atoms with van der Waals surface area (Å²) in [6, 6.07) is 0.773. The summed E-state index contributed by atoms with van der Waals surface area (Å²) < 4.78 is 24.6. The number of aliphatic hydroxyl groups excluding tert-OH is 1. The van der Waals surface area contributed by atoms with Gasteiger partial charge < -0.3 is 13.5 Å². The fraction of sp³-hybridized carbons (Fsp3) is 0.167. The molecule has 0 aromatic carbocycles. The molecule has 1 aromatic rings. The van der Waals surface area contributed by atoms with Crippen molar-refractivity contribution in [3.05, 3.63) is 28.5 Å². The molecular formula is C6H4BClF2NNaO. The quantitative estimate of drug-likeness (QED) is 0.438. The van der Waals surface area contributed by atoms with Gasteiger partial charge in [-0.3, -0.25) is 0 Å². The van der Waals surface area contributed by atoms with Crippen LogP contribution in [0.2, 0.25) is 5.02 Å². The predicted octanol–water partition coefficient (Wildman–Crippen LogP) is -1.87. The molecule has 0 spiro atoms. The maximum atomic E-state index is 12.3. The first-order chi connectivity index (χ1) is 5.15. The summed E-state index contributed by atoms with van der Waals surface area (Å²) in [7, 11) is 0. The molecule has 1 rings (SSSR count). The van der Waals surface area contributed by atoms with Crippen LogP contribution in [-0.4, -0.2) is 18.5 Å². The molecule has 0 saturated heterocycles. The summed E-state index contributed by atoms with van der Waals surface area (Å²) in [5.74, 6) is -2.37. The molecular weight excluding hydrogens is 209 g/mol. The second-order valence-corrected chi connectivity index (χ2v) is 2.25. The van der Waals surface area contributed by atoms with Crippen molar-refractivity contribution in [1.29, 1.82) is 0 Å². The molecule has 1 heterocycles. The van der Waals surface area contributed by atoms with Crippen LogP contribution in [0.3, 0.4) is 0 Å². The van der Waals surface area contributed by atoms with Crippen LogP contribution in [0.25, 0.3) is 0 Å². The number of aromatic nitrogens is 1. The van der Waals surface area contributed by atoms with Crippen molar-refractivity contribution < 1.29 is 43.4 Å². The van der Waals surface area contributed by atoms with Crippen molar-refractivity contribution in [3.63, 3.8) is 0 Å². The molecule has 1 aromatic heterocycles. The van der Waals surface area contributed by atoms with Crippen LogP contribution < -0.4 is 29.6 Å². The Labute approximate surface area is 103 Å². The summed E-state index contributed by atoms with van der Waals surface area (Å²) in [4.78, 5) is 3.07. The van der Waals surface area contributed by atoms with Crippen LogP contribution in [0.1, 0.15) is 5.69 Å². The van der Waals surface area contributed by atoms with E-state index in [0.717, 1.165) is 6.07 Å². The molecule has 0 fully saturated rings. The Morgan fingerprint density at radius 1 is 1.46 bits per heavy atom. The first-order valence-corrected chi connectivity index (χ1v) is 3.14. The SMILES string of the molecule is OCc1nc(F)c(F)cc1Cl.[B-].[Na+]. The van der Waals surface area contributed by atoms with Gasteiger partial charge in [0, 0.05) is 0 Å². The van der Waals surface area contributed by atoms with Crippen LogP contribution in [0.4, 0.5) is 8.78 Å². The molecule has 0 saturated carbocycles. The van der Waals surface area contributed by atoms with Gasteiger partial charge in [0.2, 0.25) is 5.95 Å². The largest absolute Gasteiger partial charge is 1.00 e. The maximum Gasteiger partial charge on any atom is 1.00 e. The molecule has 7 heteroatoms. The second kappa shape index (κ2) is 6.73. The Kier molecular flexibility index (Phi) is 8.17. The van der Waals surface area contributed by atoms with E-state index in [1.807, 2.05) is 0 Å². The zero-order valence-electron chi connectivity index (χ0n) is 6.89. The van der Waals surface area contributed by atoms with Gasteiger partial charge in [-0.2, -0.15) is 4.39 Å². The van der Waals surface area contributed by atoms with E-state index in [1.54, 1.807) is 0 Å². The van der Waals surface area contributed by atoms with Crippen molar-refractivity contribution >= 4 is 20.0 Å². The first kappa shape index (κ1) is 15.8. The Morgan fingerprint density at radius 2 is 2.00 bits per heavy atom. The molecule has 64 valence electrons. The minimum atomic E-state index is -1.25. The number of rotatable bonds is 1. The average molecular weight is 213 g/mol. The minimum Gasteiger partial charge on any atom is -1.00 e. The molecule has 0 bridgehead atoms. The summed E-state index contributed by atoms with van der Waals surface area (Å²) in [5, 5.41) is 8.42. The number of pyridine rings is 1. The summed E-state index contributed by atoms with van der Waals surface area (Å²) >= 11 is 5.37. The van der Waals surface area contributed by atoms with Gasteiger partial charge in [-0.15, -0.1) is 0 Å². The van der Waals surface area contributed by atoms with Crippen LogP contribution >= 0.6 is 11.6 Å².